The lowest BCUT2D eigenvalue weighted by molar-refractivity contribution is 0.102. The fourth-order valence-electron chi connectivity index (χ4n) is 2.89. The van der Waals surface area contributed by atoms with E-state index in [2.05, 4.69) is 15.6 Å². The van der Waals surface area contributed by atoms with Crippen molar-refractivity contribution in [2.24, 2.45) is 0 Å². The van der Waals surface area contributed by atoms with E-state index in [0.717, 1.165) is 24.5 Å². The molecule has 0 unspecified atom stereocenters. The molecule has 0 bridgehead atoms. The highest BCUT2D eigenvalue weighted by molar-refractivity contribution is 6.31. The molecule has 3 aromatic rings. The molecule has 5 nitrogen and oxygen atoms in total. The number of aromatic nitrogens is 2. The summed E-state index contributed by atoms with van der Waals surface area (Å²) in [6.07, 6.45) is 5.12. The molecule has 0 saturated carbocycles. The van der Waals surface area contributed by atoms with Crippen LogP contribution in [0.5, 0.6) is 0 Å². The topological polar surface area (TPSA) is 59.0 Å². The van der Waals surface area contributed by atoms with Gasteiger partial charge >= 0.3 is 0 Å². The van der Waals surface area contributed by atoms with Crippen LogP contribution in [0.3, 0.4) is 0 Å². The van der Waals surface area contributed by atoms with Crippen molar-refractivity contribution in [1.29, 1.82) is 0 Å². The van der Waals surface area contributed by atoms with Gasteiger partial charge in [0.1, 0.15) is 0 Å². The summed E-state index contributed by atoms with van der Waals surface area (Å²) in [5, 5.41) is 6.77. The molecular weight excluding hydrogens is 324 g/mol. The number of rotatable bonds is 3. The third-order valence-corrected chi connectivity index (χ3v) is 4.32. The third-order valence-electron chi connectivity index (χ3n) is 4.08. The summed E-state index contributed by atoms with van der Waals surface area (Å²) >= 11 is 6.09. The van der Waals surface area contributed by atoms with Crippen LogP contribution in [0.4, 0.5) is 5.69 Å². The minimum Gasteiger partial charge on any atom is -0.322 e. The quantitative estimate of drug-likeness (QED) is 0.769. The van der Waals surface area contributed by atoms with E-state index >= 15 is 0 Å². The van der Waals surface area contributed by atoms with E-state index in [9.17, 15) is 4.79 Å². The number of amides is 1. The van der Waals surface area contributed by atoms with Crippen molar-refractivity contribution in [1.82, 2.24) is 14.9 Å². The highest BCUT2D eigenvalue weighted by atomic mass is 35.5. The minimum absolute atomic E-state index is 0.202. The molecule has 1 aliphatic heterocycles. The molecule has 4 rings (SSSR count). The Morgan fingerprint density at radius 3 is 2.88 bits per heavy atom. The second-order valence-corrected chi connectivity index (χ2v) is 6.11. The van der Waals surface area contributed by atoms with Crippen LogP contribution in [0.25, 0.3) is 5.69 Å². The van der Waals surface area contributed by atoms with Crippen LogP contribution in [0.1, 0.15) is 21.5 Å². The van der Waals surface area contributed by atoms with Gasteiger partial charge in [-0.05, 0) is 41.5 Å². The third kappa shape index (κ3) is 2.79. The second-order valence-electron chi connectivity index (χ2n) is 5.67. The van der Waals surface area contributed by atoms with Gasteiger partial charge < -0.3 is 15.2 Å². The Labute approximate surface area is 144 Å². The van der Waals surface area contributed by atoms with E-state index in [0.29, 0.717) is 10.6 Å². The zero-order valence-corrected chi connectivity index (χ0v) is 13.5. The molecule has 0 fully saturated rings. The van der Waals surface area contributed by atoms with E-state index in [1.807, 2.05) is 24.3 Å². The van der Waals surface area contributed by atoms with E-state index < -0.39 is 0 Å². The SMILES string of the molecule is O=C(Nc1ccc2c(c1)CNC2)c1cc(Cl)ccc1-n1ccnc1. The number of anilines is 1. The summed E-state index contributed by atoms with van der Waals surface area (Å²) in [5.74, 6) is -0.202. The maximum Gasteiger partial charge on any atom is 0.257 e. The Hall–Kier alpha value is -2.63. The number of hydrogen-bond acceptors (Lipinski definition) is 3. The normalized spacial score (nSPS) is 12.9. The van der Waals surface area contributed by atoms with Crippen molar-refractivity contribution < 1.29 is 4.79 Å². The zero-order valence-electron chi connectivity index (χ0n) is 12.8. The summed E-state index contributed by atoms with van der Waals surface area (Å²) in [6, 6.07) is 11.2. The van der Waals surface area contributed by atoms with Gasteiger partial charge in [0, 0.05) is 36.2 Å². The molecule has 0 spiro atoms. The van der Waals surface area contributed by atoms with Crippen LogP contribution < -0.4 is 10.6 Å². The van der Waals surface area contributed by atoms with Gasteiger partial charge in [-0.2, -0.15) is 0 Å². The molecular formula is C18H15ClN4O. The molecule has 6 heteroatoms. The molecule has 2 N–H and O–H groups in total. The number of halogens is 1. The molecule has 120 valence electrons. The Balaban J connectivity index is 1.66. The fourth-order valence-corrected chi connectivity index (χ4v) is 3.06. The molecule has 0 atom stereocenters. The van der Waals surface area contributed by atoms with Crippen molar-refractivity contribution in [2.75, 3.05) is 5.32 Å². The van der Waals surface area contributed by atoms with Crippen LogP contribution >= 0.6 is 11.6 Å². The lowest BCUT2D eigenvalue weighted by atomic mass is 10.1. The van der Waals surface area contributed by atoms with Crippen LogP contribution in [0, 0.1) is 0 Å². The van der Waals surface area contributed by atoms with Gasteiger partial charge in [0.05, 0.1) is 17.6 Å². The van der Waals surface area contributed by atoms with Gasteiger partial charge in [-0.1, -0.05) is 17.7 Å². The maximum absolute atomic E-state index is 12.8. The average Bonchev–Trinajstić information content (AvgIpc) is 3.25. The largest absolute Gasteiger partial charge is 0.322 e. The second kappa shape index (κ2) is 6.11. The lowest BCUT2D eigenvalue weighted by Crippen LogP contribution is -2.15. The highest BCUT2D eigenvalue weighted by Crippen LogP contribution is 2.23. The van der Waals surface area contributed by atoms with E-state index in [-0.39, 0.29) is 5.91 Å². The Bertz CT molecular complexity index is 905. The summed E-state index contributed by atoms with van der Waals surface area (Å²) in [4.78, 5) is 16.8. The van der Waals surface area contributed by atoms with Crippen molar-refractivity contribution in [3.63, 3.8) is 0 Å². The number of nitrogens with one attached hydrogen (secondary N) is 2. The minimum atomic E-state index is -0.202. The van der Waals surface area contributed by atoms with E-state index in [4.69, 9.17) is 11.6 Å². The first-order valence-electron chi connectivity index (χ1n) is 7.62. The number of nitrogens with zero attached hydrogens (tertiary/aromatic N) is 2. The number of carbonyl (C=O) groups excluding carboxylic acids is 1. The molecule has 0 radical (unpaired) electrons. The van der Waals surface area contributed by atoms with Gasteiger partial charge in [-0.25, -0.2) is 4.98 Å². The molecule has 2 heterocycles. The smallest absolute Gasteiger partial charge is 0.257 e. The number of carbonyl (C=O) groups is 1. The molecule has 1 aliphatic rings. The summed E-state index contributed by atoms with van der Waals surface area (Å²) in [7, 11) is 0. The van der Waals surface area contributed by atoms with Gasteiger partial charge in [0.25, 0.3) is 5.91 Å². The molecule has 2 aromatic carbocycles. The van der Waals surface area contributed by atoms with Crippen LogP contribution in [0.2, 0.25) is 5.02 Å². The van der Waals surface area contributed by atoms with Gasteiger partial charge in [-0.3, -0.25) is 4.79 Å². The van der Waals surface area contributed by atoms with E-state index in [1.165, 1.54) is 11.1 Å². The molecule has 0 aliphatic carbocycles. The first-order valence-corrected chi connectivity index (χ1v) is 8.00. The Morgan fingerprint density at radius 2 is 2.04 bits per heavy atom. The summed E-state index contributed by atoms with van der Waals surface area (Å²) in [5.41, 5.74) is 4.50. The van der Waals surface area contributed by atoms with Gasteiger partial charge in [0.15, 0.2) is 0 Å². The van der Waals surface area contributed by atoms with Crippen LogP contribution in [-0.2, 0) is 13.1 Å². The maximum atomic E-state index is 12.8. The first kappa shape index (κ1) is 14.9. The van der Waals surface area contributed by atoms with Crippen molar-refractivity contribution in [2.45, 2.75) is 13.1 Å². The number of benzene rings is 2. The molecule has 24 heavy (non-hydrogen) atoms. The summed E-state index contributed by atoms with van der Waals surface area (Å²) in [6.45, 7) is 1.71. The molecule has 1 amide bonds. The lowest BCUT2D eigenvalue weighted by Gasteiger charge is -2.12. The number of fused-ring (bicyclic) bond motifs is 1. The van der Waals surface area contributed by atoms with Crippen LogP contribution in [0.15, 0.2) is 55.1 Å². The Kier molecular flexibility index (Phi) is 3.80. The van der Waals surface area contributed by atoms with Gasteiger partial charge in [-0.15, -0.1) is 0 Å². The Morgan fingerprint density at radius 1 is 1.17 bits per heavy atom. The van der Waals surface area contributed by atoms with E-state index in [1.54, 1.807) is 35.4 Å². The fraction of sp³-hybridized carbons (Fsp3) is 0.111. The molecule has 1 aromatic heterocycles. The standard InChI is InChI=1S/C18H15ClN4O/c19-14-2-4-17(23-6-5-20-11-23)16(8-14)18(24)22-15-3-1-12-9-21-10-13(12)7-15/h1-8,11,21H,9-10H2,(H,22,24). The molecule has 0 saturated heterocycles. The van der Waals surface area contributed by atoms with Gasteiger partial charge in [0.2, 0.25) is 0 Å². The van der Waals surface area contributed by atoms with Crippen LogP contribution in [-0.4, -0.2) is 15.5 Å². The van der Waals surface area contributed by atoms with Crippen molar-refractivity contribution >= 4 is 23.2 Å². The number of hydrogen-bond donors (Lipinski definition) is 2. The summed E-state index contributed by atoms with van der Waals surface area (Å²) < 4.78 is 1.79. The van der Waals surface area contributed by atoms with Crippen molar-refractivity contribution in [3.8, 4) is 5.69 Å². The predicted molar refractivity (Wildman–Crippen MR) is 93.5 cm³/mol. The average molecular weight is 339 g/mol. The first-order chi connectivity index (χ1) is 11.7. The highest BCUT2D eigenvalue weighted by Gasteiger charge is 2.15. The zero-order chi connectivity index (χ0) is 16.5. The monoisotopic (exact) mass is 338 g/mol. The predicted octanol–water partition coefficient (Wildman–Crippen LogP) is 3.38. The number of imidazole rings is 1. The van der Waals surface area contributed by atoms with Crippen molar-refractivity contribution in [3.05, 3.63) is 76.8 Å².